The molecular formula is C16H23N3O. The average Bonchev–Trinajstić information content (AvgIpc) is 2.48. The predicted octanol–water partition coefficient (Wildman–Crippen LogP) is 2.78. The van der Waals surface area contributed by atoms with E-state index in [1.807, 2.05) is 23.1 Å². The van der Waals surface area contributed by atoms with Crippen LogP contribution in [0.2, 0.25) is 0 Å². The van der Waals surface area contributed by atoms with Gasteiger partial charge in [0.15, 0.2) is 0 Å². The highest BCUT2D eigenvalue weighted by atomic mass is 16.2. The van der Waals surface area contributed by atoms with Gasteiger partial charge in [-0.3, -0.25) is 4.79 Å². The van der Waals surface area contributed by atoms with E-state index in [0.29, 0.717) is 12.0 Å². The lowest BCUT2D eigenvalue weighted by Gasteiger charge is -2.37. The lowest BCUT2D eigenvalue weighted by atomic mass is 9.94. The molecule has 1 aromatic rings. The van der Waals surface area contributed by atoms with Crippen molar-refractivity contribution in [3.05, 3.63) is 23.8 Å². The van der Waals surface area contributed by atoms with Crippen LogP contribution in [0.3, 0.4) is 0 Å². The van der Waals surface area contributed by atoms with Gasteiger partial charge in [-0.05, 0) is 43.9 Å². The summed E-state index contributed by atoms with van der Waals surface area (Å²) in [6.45, 7) is 7.10. The standard InChI is InChI=1S/C16H23N3O/c1-11-3-4-12(2)19(10-11)16(20)13-5-6-14-15(9-13)18-8-7-17-14/h5-6,9,11-12,17-18H,3-4,7-8,10H2,1-2H3. The Bertz CT molecular complexity index is 514. The molecule has 0 bridgehead atoms. The summed E-state index contributed by atoms with van der Waals surface area (Å²) < 4.78 is 0. The van der Waals surface area contributed by atoms with E-state index in [2.05, 4.69) is 24.5 Å². The monoisotopic (exact) mass is 273 g/mol. The van der Waals surface area contributed by atoms with Gasteiger partial charge in [0.25, 0.3) is 5.91 Å². The molecule has 20 heavy (non-hydrogen) atoms. The number of carbonyl (C=O) groups excluding carboxylic acids is 1. The van der Waals surface area contributed by atoms with Gasteiger partial charge >= 0.3 is 0 Å². The Morgan fingerprint density at radius 3 is 2.70 bits per heavy atom. The Kier molecular flexibility index (Phi) is 3.55. The third kappa shape index (κ3) is 2.47. The number of likely N-dealkylation sites (tertiary alicyclic amines) is 1. The van der Waals surface area contributed by atoms with Crippen molar-refractivity contribution in [2.45, 2.75) is 32.7 Å². The second-order valence-electron chi connectivity index (χ2n) is 6.10. The second kappa shape index (κ2) is 5.35. The van der Waals surface area contributed by atoms with Crippen LogP contribution < -0.4 is 10.6 Å². The molecule has 4 heteroatoms. The molecule has 2 aliphatic rings. The molecule has 0 radical (unpaired) electrons. The van der Waals surface area contributed by atoms with Crippen LogP contribution in [0.15, 0.2) is 18.2 Å². The van der Waals surface area contributed by atoms with Crippen LogP contribution in [0, 0.1) is 5.92 Å². The molecule has 1 amide bonds. The summed E-state index contributed by atoms with van der Waals surface area (Å²) in [4.78, 5) is 14.8. The number of benzene rings is 1. The normalized spacial score (nSPS) is 25.4. The second-order valence-corrected chi connectivity index (χ2v) is 6.10. The number of hydrogen-bond donors (Lipinski definition) is 2. The van der Waals surface area contributed by atoms with Crippen LogP contribution in [-0.2, 0) is 0 Å². The van der Waals surface area contributed by atoms with Crippen LogP contribution >= 0.6 is 0 Å². The Hall–Kier alpha value is -1.71. The molecule has 1 fully saturated rings. The van der Waals surface area contributed by atoms with E-state index in [4.69, 9.17) is 0 Å². The van der Waals surface area contributed by atoms with E-state index in [1.54, 1.807) is 0 Å². The van der Waals surface area contributed by atoms with Crippen molar-refractivity contribution < 1.29 is 4.79 Å². The Morgan fingerprint density at radius 2 is 1.90 bits per heavy atom. The lowest BCUT2D eigenvalue weighted by Crippen LogP contribution is -2.44. The van der Waals surface area contributed by atoms with Gasteiger partial charge in [0, 0.05) is 31.2 Å². The number of anilines is 2. The SMILES string of the molecule is CC1CCC(C)N(C(=O)c2ccc3c(c2)NCCN3)C1. The molecule has 0 aromatic heterocycles. The summed E-state index contributed by atoms with van der Waals surface area (Å²) in [6, 6.07) is 6.27. The number of nitrogens with one attached hydrogen (secondary N) is 2. The molecule has 1 saturated heterocycles. The molecule has 0 aliphatic carbocycles. The van der Waals surface area contributed by atoms with Crippen LogP contribution in [0.25, 0.3) is 0 Å². The highest BCUT2D eigenvalue weighted by molar-refractivity contribution is 5.96. The molecule has 2 heterocycles. The van der Waals surface area contributed by atoms with Gasteiger partial charge in [-0.15, -0.1) is 0 Å². The van der Waals surface area contributed by atoms with Crippen molar-refractivity contribution in [1.29, 1.82) is 0 Å². The van der Waals surface area contributed by atoms with Crippen molar-refractivity contribution >= 4 is 17.3 Å². The molecule has 0 spiro atoms. The molecule has 1 aromatic carbocycles. The molecule has 2 atom stereocenters. The first-order valence-electron chi connectivity index (χ1n) is 7.58. The fourth-order valence-corrected chi connectivity index (χ4v) is 3.11. The molecule has 2 aliphatic heterocycles. The molecule has 4 nitrogen and oxygen atoms in total. The fourth-order valence-electron chi connectivity index (χ4n) is 3.11. The predicted molar refractivity (Wildman–Crippen MR) is 82.3 cm³/mol. The Labute approximate surface area is 120 Å². The maximum Gasteiger partial charge on any atom is 0.254 e. The van der Waals surface area contributed by atoms with Gasteiger partial charge in [-0.1, -0.05) is 6.92 Å². The molecule has 108 valence electrons. The Morgan fingerprint density at radius 1 is 1.15 bits per heavy atom. The van der Waals surface area contributed by atoms with Crippen LogP contribution in [0.5, 0.6) is 0 Å². The topological polar surface area (TPSA) is 44.4 Å². The first-order valence-corrected chi connectivity index (χ1v) is 7.58. The van der Waals surface area contributed by atoms with Gasteiger partial charge < -0.3 is 15.5 Å². The van der Waals surface area contributed by atoms with Gasteiger partial charge in [-0.25, -0.2) is 0 Å². The molecule has 2 N–H and O–H groups in total. The zero-order valence-corrected chi connectivity index (χ0v) is 12.3. The smallest absolute Gasteiger partial charge is 0.254 e. The summed E-state index contributed by atoms with van der Waals surface area (Å²) in [6.07, 6.45) is 2.33. The molecular weight excluding hydrogens is 250 g/mol. The summed E-state index contributed by atoms with van der Waals surface area (Å²) in [5.41, 5.74) is 2.92. The zero-order valence-electron chi connectivity index (χ0n) is 12.3. The van der Waals surface area contributed by atoms with Crippen molar-refractivity contribution in [3.63, 3.8) is 0 Å². The molecule has 3 rings (SSSR count). The van der Waals surface area contributed by atoms with Crippen molar-refractivity contribution in [2.75, 3.05) is 30.3 Å². The maximum absolute atomic E-state index is 12.7. The van der Waals surface area contributed by atoms with Crippen LogP contribution in [0.1, 0.15) is 37.0 Å². The van der Waals surface area contributed by atoms with Gasteiger partial charge in [0.05, 0.1) is 11.4 Å². The quantitative estimate of drug-likeness (QED) is 0.827. The number of carbonyl (C=O) groups is 1. The Balaban J connectivity index is 1.82. The van der Waals surface area contributed by atoms with Gasteiger partial charge in [-0.2, -0.15) is 0 Å². The number of amides is 1. The van der Waals surface area contributed by atoms with Crippen LogP contribution in [0.4, 0.5) is 11.4 Å². The van der Waals surface area contributed by atoms with Crippen LogP contribution in [-0.4, -0.2) is 36.5 Å². The summed E-state index contributed by atoms with van der Waals surface area (Å²) >= 11 is 0. The highest BCUT2D eigenvalue weighted by Crippen LogP contribution is 2.28. The molecule has 2 unspecified atom stereocenters. The minimum absolute atomic E-state index is 0.166. The largest absolute Gasteiger partial charge is 0.382 e. The minimum atomic E-state index is 0.166. The van der Waals surface area contributed by atoms with Crippen molar-refractivity contribution in [1.82, 2.24) is 4.90 Å². The summed E-state index contributed by atoms with van der Waals surface area (Å²) in [5, 5.41) is 6.68. The van der Waals surface area contributed by atoms with E-state index in [9.17, 15) is 4.79 Å². The van der Waals surface area contributed by atoms with Crippen molar-refractivity contribution in [2.24, 2.45) is 5.92 Å². The zero-order chi connectivity index (χ0) is 14.1. The van der Waals surface area contributed by atoms with E-state index >= 15 is 0 Å². The first kappa shape index (κ1) is 13.3. The number of fused-ring (bicyclic) bond motifs is 1. The minimum Gasteiger partial charge on any atom is -0.382 e. The van der Waals surface area contributed by atoms with Crippen molar-refractivity contribution in [3.8, 4) is 0 Å². The van der Waals surface area contributed by atoms with E-state index < -0.39 is 0 Å². The number of hydrogen-bond acceptors (Lipinski definition) is 3. The van der Waals surface area contributed by atoms with Gasteiger partial charge in [0.2, 0.25) is 0 Å². The van der Waals surface area contributed by atoms with E-state index in [1.165, 1.54) is 6.42 Å². The van der Waals surface area contributed by atoms with Gasteiger partial charge in [0.1, 0.15) is 0 Å². The van der Waals surface area contributed by atoms with E-state index in [0.717, 1.165) is 43.0 Å². The first-order chi connectivity index (χ1) is 9.65. The average molecular weight is 273 g/mol. The number of rotatable bonds is 1. The molecule has 0 saturated carbocycles. The van der Waals surface area contributed by atoms with E-state index in [-0.39, 0.29) is 5.91 Å². The summed E-state index contributed by atoms with van der Waals surface area (Å²) in [7, 11) is 0. The lowest BCUT2D eigenvalue weighted by molar-refractivity contribution is 0.0574. The fraction of sp³-hybridized carbons (Fsp3) is 0.562. The third-order valence-electron chi connectivity index (χ3n) is 4.40. The number of nitrogens with zero attached hydrogens (tertiary/aromatic N) is 1. The number of piperidine rings is 1. The highest BCUT2D eigenvalue weighted by Gasteiger charge is 2.28. The maximum atomic E-state index is 12.7. The third-order valence-corrected chi connectivity index (χ3v) is 4.40. The summed E-state index contributed by atoms with van der Waals surface area (Å²) in [5.74, 6) is 0.770.